The molecule has 0 atom stereocenters. The van der Waals surface area contributed by atoms with Crippen LogP contribution in [0.5, 0.6) is 0 Å². The van der Waals surface area contributed by atoms with Gasteiger partial charge in [0, 0.05) is 12.0 Å². The lowest BCUT2D eigenvalue weighted by molar-refractivity contribution is 0.358. The molecule has 0 fully saturated rings. The van der Waals surface area contributed by atoms with Crippen LogP contribution in [-0.4, -0.2) is 18.9 Å². The van der Waals surface area contributed by atoms with Crippen LogP contribution < -0.4 is 5.32 Å². The average molecular weight is 154 g/mol. The molecule has 1 aliphatic rings. The number of nitrogens with one attached hydrogen (secondary N) is 1. The zero-order valence-electron chi connectivity index (χ0n) is 7.94. The van der Waals surface area contributed by atoms with E-state index in [9.17, 15) is 0 Å². The molecule has 1 aliphatic heterocycles. The maximum atomic E-state index is 4.43. The molecule has 0 bridgehead atoms. The predicted octanol–water partition coefficient (Wildman–Crippen LogP) is 1.67. The summed E-state index contributed by atoms with van der Waals surface area (Å²) in [5.41, 5.74) is 0.219. The Balaban J connectivity index is 2.70. The number of nitrogens with zero attached hydrogens (tertiary/aromatic N) is 1. The Morgan fingerprint density at radius 2 is 2.09 bits per heavy atom. The minimum Gasteiger partial charge on any atom is -0.372 e. The molecule has 0 aromatic rings. The van der Waals surface area contributed by atoms with Crippen LogP contribution in [0.2, 0.25) is 0 Å². The van der Waals surface area contributed by atoms with Crippen molar-refractivity contribution in [2.75, 3.05) is 13.1 Å². The van der Waals surface area contributed by atoms with Gasteiger partial charge in [-0.1, -0.05) is 27.7 Å². The first-order chi connectivity index (χ1) is 5.05. The molecule has 1 heterocycles. The quantitative estimate of drug-likeness (QED) is 0.643. The molecule has 1 rings (SSSR count). The van der Waals surface area contributed by atoms with Crippen LogP contribution in [0.3, 0.4) is 0 Å². The molecule has 64 valence electrons. The van der Waals surface area contributed by atoms with Gasteiger partial charge in [-0.2, -0.15) is 0 Å². The second-order valence-electron chi connectivity index (χ2n) is 4.03. The molecule has 0 unspecified atom stereocenters. The number of hydrogen-bond acceptors (Lipinski definition) is 2. The lowest BCUT2D eigenvalue weighted by Gasteiger charge is -2.29. The van der Waals surface area contributed by atoms with E-state index in [0.29, 0.717) is 5.92 Å². The van der Waals surface area contributed by atoms with Crippen molar-refractivity contribution in [3.8, 4) is 0 Å². The van der Waals surface area contributed by atoms with E-state index in [0.717, 1.165) is 13.1 Å². The SMILES string of the molecule is CC(C)C(C)(C)C1=NCCN1. The van der Waals surface area contributed by atoms with E-state index >= 15 is 0 Å². The zero-order chi connectivity index (χ0) is 8.48. The second-order valence-corrected chi connectivity index (χ2v) is 4.03. The Bertz CT molecular complexity index is 168. The van der Waals surface area contributed by atoms with Crippen LogP contribution in [0.4, 0.5) is 0 Å². The van der Waals surface area contributed by atoms with Gasteiger partial charge in [0.1, 0.15) is 5.84 Å². The number of amidine groups is 1. The summed E-state index contributed by atoms with van der Waals surface area (Å²) in [7, 11) is 0. The summed E-state index contributed by atoms with van der Waals surface area (Å²) >= 11 is 0. The van der Waals surface area contributed by atoms with E-state index in [1.165, 1.54) is 5.84 Å². The van der Waals surface area contributed by atoms with Crippen molar-refractivity contribution in [2.24, 2.45) is 16.3 Å². The molecule has 11 heavy (non-hydrogen) atoms. The Morgan fingerprint density at radius 1 is 1.45 bits per heavy atom. The lowest BCUT2D eigenvalue weighted by atomic mass is 9.80. The molecule has 1 N–H and O–H groups in total. The van der Waals surface area contributed by atoms with Gasteiger partial charge in [-0.05, 0) is 5.92 Å². The van der Waals surface area contributed by atoms with Gasteiger partial charge < -0.3 is 5.32 Å². The van der Waals surface area contributed by atoms with E-state index < -0.39 is 0 Å². The summed E-state index contributed by atoms with van der Waals surface area (Å²) in [6.07, 6.45) is 0. The second kappa shape index (κ2) is 2.84. The van der Waals surface area contributed by atoms with Gasteiger partial charge in [0.2, 0.25) is 0 Å². The first-order valence-electron chi connectivity index (χ1n) is 4.34. The fourth-order valence-corrected chi connectivity index (χ4v) is 1.10. The largest absolute Gasteiger partial charge is 0.372 e. The Hall–Kier alpha value is -0.530. The molecule has 0 aromatic carbocycles. The monoisotopic (exact) mass is 154 g/mol. The standard InChI is InChI=1S/C9H18N2/c1-7(2)9(3,4)8-10-5-6-11-8/h7H,5-6H2,1-4H3,(H,10,11). The summed E-state index contributed by atoms with van der Waals surface area (Å²) < 4.78 is 0. The number of hydrogen-bond donors (Lipinski definition) is 1. The first kappa shape index (κ1) is 8.57. The van der Waals surface area contributed by atoms with E-state index in [1.807, 2.05) is 0 Å². The molecular weight excluding hydrogens is 136 g/mol. The minimum absolute atomic E-state index is 0.219. The normalized spacial score (nSPS) is 18.5. The van der Waals surface area contributed by atoms with Crippen molar-refractivity contribution in [3.63, 3.8) is 0 Å². The van der Waals surface area contributed by atoms with Crippen molar-refractivity contribution in [1.82, 2.24) is 5.32 Å². The van der Waals surface area contributed by atoms with Crippen LogP contribution >= 0.6 is 0 Å². The Morgan fingerprint density at radius 3 is 2.45 bits per heavy atom. The fraction of sp³-hybridized carbons (Fsp3) is 0.889. The number of rotatable bonds is 2. The first-order valence-corrected chi connectivity index (χ1v) is 4.34. The molecule has 0 amide bonds. The maximum Gasteiger partial charge on any atom is 0.102 e. The van der Waals surface area contributed by atoms with Crippen molar-refractivity contribution < 1.29 is 0 Å². The Labute approximate surface area is 69.1 Å². The molecule has 0 spiro atoms. The van der Waals surface area contributed by atoms with Crippen LogP contribution in [0.1, 0.15) is 27.7 Å². The Kier molecular flexibility index (Phi) is 2.21. The molecule has 0 aromatic heterocycles. The van der Waals surface area contributed by atoms with Gasteiger partial charge in [0.25, 0.3) is 0 Å². The highest BCUT2D eigenvalue weighted by Gasteiger charge is 2.29. The zero-order valence-corrected chi connectivity index (χ0v) is 7.94. The summed E-state index contributed by atoms with van der Waals surface area (Å²) in [5, 5.41) is 3.33. The molecule has 0 saturated carbocycles. The van der Waals surface area contributed by atoms with Crippen LogP contribution in [-0.2, 0) is 0 Å². The van der Waals surface area contributed by atoms with Gasteiger partial charge in [-0.25, -0.2) is 0 Å². The van der Waals surface area contributed by atoms with Crippen LogP contribution in [0.15, 0.2) is 4.99 Å². The summed E-state index contributed by atoms with van der Waals surface area (Å²) in [4.78, 5) is 4.43. The van der Waals surface area contributed by atoms with Gasteiger partial charge in [-0.15, -0.1) is 0 Å². The van der Waals surface area contributed by atoms with Gasteiger partial charge in [0.05, 0.1) is 6.54 Å². The molecular formula is C9H18N2. The summed E-state index contributed by atoms with van der Waals surface area (Å²) in [5.74, 6) is 1.83. The molecule has 0 aliphatic carbocycles. The fourth-order valence-electron chi connectivity index (χ4n) is 1.10. The molecule has 0 saturated heterocycles. The van der Waals surface area contributed by atoms with Crippen LogP contribution in [0.25, 0.3) is 0 Å². The smallest absolute Gasteiger partial charge is 0.102 e. The minimum atomic E-state index is 0.219. The summed E-state index contributed by atoms with van der Waals surface area (Å²) in [6, 6.07) is 0. The lowest BCUT2D eigenvalue weighted by Crippen LogP contribution is -2.37. The molecule has 2 nitrogen and oxygen atoms in total. The molecule has 2 heteroatoms. The highest BCUT2D eigenvalue weighted by atomic mass is 15.1. The molecule has 0 radical (unpaired) electrons. The average Bonchev–Trinajstić information content (AvgIpc) is 2.37. The topological polar surface area (TPSA) is 24.4 Å². The predicted molar refractivity (Wildman–Crippen MR) is 48.9 cm³/mol. The maximum absolute atomic E-state index is 4.43. The van der Waals surface area contributed by atoms with Crippen molar-refractivity contribution in [3.05, 3.63) is 0 Å². The third-order valence-electron chi connectivity index (χ3n) is 2.73. The third-order valence-corrected chi connectivity index (χ3v) is 2.73. The number of aliphatic imine (C=N–C) groups is 1. The van der Waals surface area contributed by atoms with Crippen LogP contribution in [0, 0.1) is 11.3 Å². The van der Waals surface area contributed by atoms with E-state index in [1.54, 1.807) is 0 Å². The van der Waals surface area contributed by atoms with Crippen molar-refractivity contribution in [2.45, 2.75) is 27.7 Å². The van der Waals surface area contributed by atoms with Crippen molar-refractivity contribution in [1.29, 1.82) is 0 Å². The summed E-state index contributed by atoms with van der Waals surface area (Å²) in [6.45, 7) is 10.9. The highest BCUT2D eigenvalue weighted by molar-refractivity contribution is 5.88. The van der Waals surface area contributed by atoms with Gasteiger partial charge in [0.15, 0.2) is 0 Å². The van der Waals surface area contributed by atoms with E-state index in [2.05, 4.69) is 38.0 Å². The highest BCUT2D eigenvalue weighted by Crippen LogP contribution is 2.27. The van der Waals surface area contributed by atoms with Gasteiger partial charge >= 0.3 is 0 Å². The van der Waals surface area contributed by atoms with E-state index in [4.69, 9.17) is 0 Å². The van der Waals surface area contributed by atoms with E-state index in [-0.39, 0.29) is 5.41 Å². The van der Waals surface area contributed by atoms with Crippen molar-refractivity contribution >= 4 is 5.84 Å². The van der Waals surface area contributed by atoms with Gasteiger partial charge in [-0.3, -0.25) is 4.99 Å². The third kappa shape index (κ3) is 1.55.